The standard InChI is InChI=1S/C25H23BOP/c26-28(23-11-3-1-4-12-23,24-13-5-2-6-14-24)25(17-18-27)22-16-15-20-9-7-8-10-21(20)19-22/h1-16,19,25,27H,17-18H2/t25-/m0/s1. The molecule has 28 heavy (non-hydrogen) atoms. The van der Waals surface area contributed by atoms with Crippen LogP contribution in [0.1, 0.15) is 17.6 Å². The van der Waals surface area contributed by atoms with Gasteiger partial charge in [-0.2, -0.15) is 7.14 Å². The third-order valence-corrected chi connectivity index (χ3v) is 9.26. The molecule has 1 atom stereocenters. The van der Waals surface area contributed by atoms with Crippen molar-refractivity contribution in [2.24, 2.45) is 0 Å². The van der Waals surface area contributed by atoms with Crippen molar-refractivity contribution in [3.8, 4) is 0 Å². The number of aliphatic hydroxyl groups is 1. The first-order valence-corrected chi connectivity index (χ1v) is 11.5. The molecule has 0 aliphatic carbocycles. The van der Waals surface area contributed by atoms with Crippen molar-refractivity contribution >= 4 is 36.1 Å². The third-order valence-electron chi connectivity index (χ3n) is 5.42. The van der Waals surface area contributed by atoms with Crippen LogP contribution in [0.15, 0.2) is 103 Å². The fourth-order valence-electron chi connectivity index (χ4n) is 4.00. The Bertz CT molecular complexity index is 1010. The zero-order valence-corrected chi connectivity index (χ0v) is 16.7. The van der Waals surface area contributed by atoms with E-state index in [1.807, 2.05) is 12.1 Å². The van der Waals surface area contributed by atoms with Gasteiger partial charge in [-0.3, -0.25) is 7.57 Å². The van der Waals surface area contributed by atoms with E-state index in [0.29, 0.717) is 6.42 Å². The van der Waals surface area contributed by atoms with Crippen LogP contribution in [0.2, 0.25) is 0 Å². The van der Waals surface area contributed by atoms with Crippen molar-refractivity contribution < 1.29 is 5.11 Å². The highest BCUT2D eigenvalue weighted by molar-refractivity contribution is 8.08. The molecule has 4 rings (SSSR count). The number of hydrogen-bond donors (Lipinski definition) is 1. The van der Waals surface area contributed by atoms with Crippen molar-refractivity contribution in [3.63, 3.8) is 0 Å². The normalized spacial score (nSPS) is 12.8. The van der Waals surface area contributed by atoms with Gasteiger partial charge in [-0.25, -0.2) is 0 Å². The number of rotatable bonds is 6. The summed E-state index contributed by atoms with van der Waals surface area (Å²) in [5.41, 5.74) is 1.24. The van der Waals surface area contributed by atoms with E-state index in [0.717, 1.165) is 10.6 Å². The molecule has 0 aliphatic heterocycles. The van der Waals surface area contributed by atoms with E-state index in [1.54, 1.807) is 0 Å². The quantitative estimate of drug-likeness (QED) is 0.368. The van der Waals surface area contributed by atoms with Gasteiger partial charge < -0.3 is 5.11 Å². The van der Waals surface area contributed by atoms with E-state index >= 15 is 0 Å². The minimum atomic E-state index is -2.26. The number of benzene rings is 4. The smallest absolute Gasteiger partial charge is 0.0582 e. The molecule has 0 unspecified atom stereocenters. The Balaban J connectivity index is 1.92. The molecule has 0 fully saturated rings. The predicted octanol–water partition coefficient (Wildman–Crippen LogP) is 5.02. The van der Waals surface area contributed by atoms with Gasteiger partial charge in [0, 0.05) is 23.6 Å². The summed E-state index contributed by atoms with van der Waals surface area (Å²) in [6, 6.07) is 35.7. The Kier molecular flexibility index (Phi) is 5.62. The molecule has 1 N–H and O–H groups in total. The Morgan fingerprint density at radius 1 is 0.679 bits per heavy atom. The first kappa shape index (κ1) is 18.9. The summed E-state index contributed by atoms with van der Waals surface area (Å²) < 4.78 is 0. The summed E-state index contributed by atoms with van der Waals surface area (Å²) in [4.78, 5) is 0. The second-order valence-corrected chi connectivity index (χ2v) is 10.3. The van der Waals surface area contributed by atoms with Crippen molar-refractivity contribution in [3.05, 3.63) is 109 Å². The molecule has 0 spiro atoms. The number of hydrogen-bond acceptors (Lipinski definition) is 1. The second-order valence-electron chi connectivity index (χ2n) is 7.08. The average molecular weight is 381 g/mol. The highest BCUT2D eigenvalue weighted by Crippen LogP contribution is 2.65. The molecular formula is C25H23BOP. The zero-order valence-electron chi connectivity index (χ0n) is 15.8. The van der Waals surface area contributed by atoms with Crippen molar-refractivity contribution in [1.82, 2.24) is 0 Å². The lowest BCUT2D eigenvalue weighted by Crippen LogP contribution is -2.28. The molecule has 0 bridgehead atoms. The molecule has 4 aromatic carbocycles. The second kappa shape index (κ2) is 8.31. The predicted molar refractivity (Wildman–Crippen MR) is 123 cm³/mol. The molecular weight excluding hydrogens is 358 g/mol. The molecule has 1 nitrogen and oxygen atoms in total. The minimum Gasteiger partial charge on any atom is -0.396 e. The highest BCUT2D eigenvalue weighted by atomic mass is 31.2. The largest absolute Gasteiger partial charge is 0.396 e. The lowest BCUT2D eigenvalue weighted by molar-refractivity contribution is 0.287. The minimum absolute atomic E-state index is 0.0481. The average Bonchev–Trinajstić information content (AvgIpc) is 2.78. The summed E-state index contributed by atoms with van der Waals surface area (Å²) in [7, 11) is 5.09. The van der Waals surface area contributed by atoms with Crippen LogP contribution in [0, 0.1) is 0 Å². The van der Waals surface area contributed by atoms with Crippen LogP contribution in [-0.2, 0) is 0 Å². The fraction of sp³-hybridized carbons (Fsp3) is 0.120. The summed E-state index contributed by atoms with van der Waals surface area (Å²) >= 11 is 0. The summed E-state index contributed by atoms with van der Waals surface area (Å²) in [5.74, 6) is 0. The maximum atomic E-state index is 9.93. The van der Waals surface area contributed by atoms with E-state index in [1.165, 1.54) is 16.3 Å². The molecule has 0 amide bonds. The van der Waals surface area contributed by atoms with Gasteiger partial charge in [-0.05, 0) is 46.7 Å². The monoisotopic (exact) mass is 381 g/mol. The Morgan fingerprint density at radius 3 is 1.79 bits per heavy atom. The zero-order chi connectivity index (χ0) is 19.4. The van der Waals surface area contributed by atoms with E-state index in [4.69, 9.17) is 7.57 Å². The molecule has 137 valence electrons. The Hall–Kier alpha value is -2.41. The van der Waals surface area contributed by atoms with Gasteiger partial charge in [-0.1, -0.05) is 72.8 Å². The van der Waals surface area contributed by atoms with Crippen molar-refractivity contribution in [2.75, 3.05) is 6.61 Å². The van der Waals surface area contributed by atoms with E-state index in [2.05, 4.69) is 91.0 Å². The highest BCUT2D eigenvalue weighted by Gasteiger charge is 2.35. The summed E-state index contributed by atoms with van der Waals surface area (Å²) in [6.45, 7) is 0.107. The van der Waals surface area contributed by atoms with Crippen LogP contribution in [-0.4, -0.2) is 19.3 Å². The van der Waals surface area contributed by atoms with Crippen molar-refractivity contribution in [1.29, 1.82) is 0 Å². The van der Waals surface area contributed by atoms with E-state index in [9.17, 15) is 5.11 Å². The van der Waals surface area contributed by atoms with Gasteiger partial charge in [0.05, 0.1) is 5.66 Å². The van der Waals surface area contributed by atoms with E-state index < -0.39 is 7.14 Å². The lowest BCUT2D eigenvalue weighted by atomic mass is 10.0. The molecule has 3 heteroatoms. The fourth-order valence-corrected chi connectivity index (χ4v) is 7.50. The lowest BCUT2D eigenvalue weighted by Gasteiger charge is -2.44. The van der Waals surface area contributed by atoms with Crippen LogP contribution in [0.3, 0.4) is 0 Å². The topological polar surface area (TPSA) is 20.2 Å². The number of fused-ring (bicyclic) bond motifs is 1. The van der Waals surface area contributed by atoms with Gasteiger partial charge in [0.15, 0.2) is 0 Å². The van der Waals surface area contributed by atoms with Crippen LogP contribution >= 0.6 is 7.14 Å². The Labute approximate surface area is 168 Å². The Morgan fingerprint density at radius 2 is 1.21 bits per heavy atom. The van der Waals surface area contributed by atoms with Gasteiger partial charge >= 0.3 is 0 Å². The molecule has 0 heterocycles. The van der Waals surface area contributed by atoms with Gasteiger partial charge in [-0.15, -0.1) is 0 Å². The summed E-state index contributed by atoms with van der Waals surface area (Å²) in [6.07, 6.45) is 0.631. The molecule has 3 radical (unpaired) electrons. The molecule has 4 aromatic rings. The first-order chi connectivity index (χ1) is 13.7. The van der Waals surface area contributed by atoms with Crippen LogP contribution in [0.25, 0.3) is 10.8 Å². The van der Waals surface area contributed by atoms with Crippen LogP contribution < -0.4 is 10.6 Å². The SMILES string of the molecule is [B-][P+](c1ccccc1)(c1ccccc1)[C@@H](CCO)c1ccc2ccccc2c1. The van der Waals surface area contributed by atoms with Crippen molar-refractivity contribution in [2.45, 2.75) is 12.1 Å². The molecule has 0 aromatic heterocycles. The summed E-state index contributed by atoms with van der Waals surface area (Å²) in [5, 5.41) is 14.7. The maximum absolute atomic E-state index is 9.93. The van der Waals surface area contributed by atoms with Gasteiger partial charge in [0.1, 0.15) is 0 Å². The molecule has 0 saturated carbocycles. The van der Waals surface area contributed by atoms with Crippen LogP contribution in [0.5, 0.6) is 0 Å². The van der Waals surface area contributed by atoms with Crippen LogP contribution in [0.4, 0.5) is 0 Å². The van der Waals surface area contributed by atoms with Gasteiger partial charge in [0.2, 0.25) is 0 Å². The molecule has 0 aliphatic rings. The van der Waals surface area contributed by atoms with Gasteiger partial charge in [0.25, 0.3) is 0 Å². The number of aliphatic hydroxyl groups excluding tert-OH is 1. The van der Waals surface area contributed by atoms with E-state index in [-0.39, 0.29) is 12.3 Å². The first-order valence-electron chi connectivity index (χ1n) is 9.61. The maximum Gasteiger partial charge on any atom is 0.0582 e. The third kappa shape index (κ3) is 3.51. The molecule has 0 saturated heterocycles.